The molecule has 10 atom stereocenters. The summed E-state index contributed by atoms with van der Waals surface area (Å²) in [7, 11) is 0. The number of carbonyl (C=O) groups is 3. The molecule has 0 aromatic heterocycles. The summed E-state index contributed by atoms with van der Waals surface area (Å²) in [4.78, 5) is 39.2. The molecule has 4 aliphatic rings. The maximum atomic E-state index is 14.3. The molecular formula is C32H48O8. The molecule has 4 N–H and O–H groups in total. The number of rotatable bonds is 5. The van der Waals surface area contributed by atoms with Crippen LogP contribution in [-0.4, -0.2) is 67.5 Å². The zero-order chi connectivity index (χ0) is 30.4. The Morgan fingerprint density at radius 3 is 2.20 bits per heavy atom. The lowest BCUT2D eigenvalue weighted by Crippen LogP contribution is -2.65. The first kappa shape index (κ1) is 31.1. The Balaban J connectivity index is 1.74. The first-order chi connectivity index (χ1) is 18.1. The second-order valence-corrected chi connectivity index (χ2v) is 15.0. The zero-order valence-electron chi connectivity index (χ0n) is 25.4. The Morgan fingerprint density at radius 2 is 1.62 bits per heavy atom. The van der Waals surface area contributed by atoms with E-state index in [2.05, 4.69) is 13.0 Å². The molecule has 8 nitrogen and oxygen atoms in total. The Bertz CT molecular complexity index is 1160. The van der Waals surface area contributed by atoms with E-state index >= 15 is 0 Å². The number of esters is 1. The number of hydrogen-bond acceptors (Lipinski definition) is 8. The minimum atomic E-state index is -1.98. The lowest BCUT2D eigenvalue weighted by molar-refractivity contribution is -0.186. The standard InChI is InChI=1S/C32H48O8/c1-17(33)40-27(2,3)13-12-23(36)32(9,39)25-21(35)15-29(6)22-11-10-18-19(14-20(34)26(38)28(18,4)5)31(22,8)24(37)16-30(25,29)7/h10,12-13,19-22,25-26,34-35,38-39H,11,14-16H2,1-9H3/b13-12+/t19-,20-,21-,22+,25+,26-,29+,30-,31+,32?/m1/s1. The monoisotopic (exact) mass is 560 g/mol. The van der Waals surface area contributed by atoms with E-state index in [-0.39, 0.29) is 30.5 Å². The first-order valence-electron chi connectivity index (χ1n) is 14.5. The van der Waals surface area contributed by atoms with Crippen LogP contribution in [0.5, 0.6) is 0 Å². The van der Waals surface area contributed by atoms with Crippen molar-refractivity contribution in [1.29, 1.82) is 0 Å². The highest BCUT2D eigenvalue weighted by Crippen LogP contribution is 2.74. The van der Waals surface area contributed by atoms with Gasteiger partial charge in [-0.3, -0.25) is 14.4 Å². The van der Waals surface area contributed by atoms with Crippen molar-refractivity contribution in [1.82, 2.24) is 0 Å². The van der Waals surface area contributed by atoms with Crippen LogP contribution < -0.4 is 0 Å². The number of hydrogen-bond donors (Lipinski definition) is 4. The molecule has 0 aliphatic heterocycles. The van der Waals surface area contributed by atoms with E-state index < -0.39 is 68.8 Å². The quantitative estimate of drug-likeness (QED) is 0.228. The van der Waals surface area contributed by atoms with Crippen molar-refractivity contribution in [2.45, 2.75) is 118 Å². The molecule has 4 aliphatic carbocycles. The third-order valence-corrected chi connectivity index (χ3v) is 11.8. The van der Waals surface area contributed by atoms with Gasteiger partial charge in [0, 0.05) is 30.1 Å². The molecule has 1 unspecified atom stereocenters. The minimum absolute atomic E-state index is 0.00125. The van der Waals surface area contributed by atoms with Gasteiger partial charge in [-0.2, -0.15) is 0 Å². The minimum Gasteiger partial charge on any atom is -0.456 e. The van der Waals surface area contributed by atoms with Gasteiger partial charge in [0.05, 0.1) is 18.3 Å². The summed E-state index contributed by atoms with van der Waals surface area (Å²) < 4.78 is 5.23. The van der Waals surface area contributed by atoms with Crippen molar-refractivity contribution in [3.05, 3.63) is 23.8 Å². The molecule has 0 amide bonds. The van der Waals surface area contributed by atoms with Crippen molar-refractivity contribution in [3.8, 4) is 0 Å². The number of ether oxygens (including phenoxy) is 1. The van der Waals surface area contributed by atoms with Gasteiger partial charge in [-0.1, -0.05) is 46.3 Å². The van der Waals surface area contributed by atoms with Gasteiger partial charge >= 0.3 is 5.97 Å². The van der Waals surface area contributed by atoms with Crippen molar-refractivity contribution in [3.63, 3.8) is 0 Å². The number of aliphatic hydroxyl groups excluding tert-OH is 3. The highest BCUT2D eigenvalue weighted by atomic mass is 16.6. The van der Waals surface area contributed by atoms with Gasteiger partial charge in [0.1, 0.15) is 17.0 Å². The summed E-state index contributed by atoms with van der Waals surface area (Å²) in [6, 6.07) is 0. The van der Waals surface area contributed by atoms with Crippen LogP contribution in [0.15, 0.2) is 23.8 Å². The fourth-order valence-corrected chi connectivity index (χ4v) is 9.55. The van der Waals surface area contributed by atoms with Gasteiger partial charge in [0.2, 0.25) is 0 Å². The normalized spacial score (nSPS) is 44.2. The highest BCUT2D eigenvalue weighted by Gasteiger charge is 2.74. The van der Waals surface area contributed by atoms with Gasteiger partial charge in [0.15, 0.2) is 5.78 Å². The Labute approximate surface area is 237 Å². The molecule has 0 bridgehead atoms. The van der Waals surface area contributed by atoms with Crippen molar-refractivity contribution in [2.75, 3.05) is 0 Å². The average Bonchev–Trinajstić information content (AvgIpc) is 3.01. The summed E-state index contributed by atoms with van der Waals surface area (Å²) in [5.41, 5.74) is -5.04. The largest absolute Gasteiger partial charge is 0.456 e. The Morgan fingerprint density at radius 1 is 1.02 bits per heavy atom. The van der Waals surface area contributed by atoms with Crippen LogP contribution in [0.1, 0.15) is 88.0 Å². The van der Waals surface area contributed by atoms with Crippen LogP contribution in [0.4, 0.5) is 0 Å². The fraction of sp³-hybridized carbons (Fsp3) is 0.781. The molecule has 4 rings (SSSR count). The summed E-state index contributed by atoms with van der Waals surface area (Å²) in [6.45, 7) is 15.7. The van der Waals surface area contributed by atoms with E-state index in [1.54, 1.807) is 13.8 Å². The second-order valence-electron chi connectivity index (χ2n) is 15.0. The van der Waals surface area contributed by atoms with Crippen LogP contribution in [0.25, 0.3) is 0 Å². The molecule has 0 saturated heterocycles. The maximum absolute atomic E-state index is 14.3. The molecule has 0 radical (unpaired) electrons. The van der Waals surface area contributed by atoms with Gasteiger partial charge in [-0.05, 0) is 74.9 Å². The number of allylic oxidation sites excluding steroid dienone is 1. The van der Waals surface area contributed by atoms with E-state index in [0.717, 1.165) is 5.57 Å². The number of Topliss-reactive ketones (excluding diaryl/α,β-unsaturated/α-hetero) is 1. The summed E-state index contributed by atoms with van der Waals surface area (Å²) in [5, 5.41) is 44.9. The Kier molecular flexibility index (Phi) is 7.24. The molecule has 3 fully saturated rings. The predicted octanol–water partition coefficient (Wildman–Crippen LogP) is 3.29. The summed E-state index contributed by atoms with van der Waals surface area (Å²) in [6.07, 6.45) is 3.10. The van der Waals surface area contributed by atoms with Gasteiger partial charge in [-0.15, -0.1) is 0 Å². The second kappa shape index (κ2) is 9.32. The average molecular weight is 561 g/mol. The van der Waals surface area contributed by atoms with E-state index in [4.69, 9.17) is 4.74 Å². The highest BCUT2D eigenvalue weighted by molar-refractivity contribution is 5.97. The lowest BCUT2D eigenvalue weighted by atomic mass is 9.38. The van der Waals surface area contributed by atoms with Crippen LogP contribution in [-0.2, 0) is 19.1 Å². The van der Waals surface area contributed by atoms with Gasteiger partial charge in [0.25, 0.3) is 0 Å². The molecule has 224 valence electrons. The van der Waals surface area contributed by atoms with E-state index in [9.17, 15) is 34.8 Å². The van der Waals surface area contributed by atoms with E-state index in [1.165, 1.54) is 26.0 Å². The molecule has 0 spiro atoms. The van der Waals surface area contributed by atoms with Crippen LogP contribution in [0.2, 0.25) is 0 Å². The maximum Gasteiger partial charge on any atom is 0.303 e. The summed E-state index contributed by atoms with van der Waals surface area (Å²) >= 11 is 0. The van der Waals surface area contributed by atoms with Crippen molar-refractivity contribution in [2.24, 2.45) is 39.4 Å². The Hall–Kier alpha value is -1.87. The fourth-order valence-electron chi connectivity index (χ4n) is 9.55. The van der Waals surface area contributed by atoms with Crippen molar-refractivity contribution < 1.29 is 39.5 Å². The van der Waals surface area contributed by atoms with E-state index in [1.807, 2.05) is 27.7 Å². The van der Waals surface area contributed by atoms with Gasteiger partial charge < -0.3 is 25.2 Å². The summed E-state index contributed by atoms with van der Waals surface area (Å²) in [5.74, 6) is -2.48. The molecule has 0 heterocycles. The first-order valence-corrected chi connectivity index (χ1v) is 14.5. The smallest absolute Gasteiger partial charge is 0.303 e. The lowest BCUT2D eigenvalue weighted by Gasteiger charge is -2.65. The molecule has 0 aromatic carbocycles. The third kappa shape index (κ3) is 4.19. The molecule has 3 saturated carbocycles. The van der Waals surface area contributed by atoms with Crippen LogP contribution in [0.3, 0.4) is 0 Å². The third-order valence-electron chi connectivity index (χ3n) is 11.8. The van der Waals surface area contributed by atoms with Crippen LogP contribution in [0, 0.1) is 39.4 Å². The van der Waals surface area contributed by atoms with Gasteiger partial charge in [-0.25, -0.2) is 0 Å². The van der Waals surface area contributed by atoms with E-state index in [0.29, 0.717) is 12.8 Å². The SMILES string of the molecule is CC(=O)OC(C)(C)/C=C/C(=O)C(C)(O)[C@H]1[C@H](O)C[C@@]2(C)[C@@H]3CC=C4[C@@H](C[C@@H](O)[C@@H](O)C4(C)C)[C@]3(C)C(=O)C[C@]12C. The number of fused-ring (bicyclic) bond motifs is 5. The molecule has 8 heteroatoms. The predicted molar refractivity (Wildman–Crippen MR) is 149 cm³/mol. The van der Waals surface area contributed by atoms with Crippen LogP contribution >= 0.6 is 0 Å². The van der Waals surface area contributed by atoms with Crippen molar-refractivity contribution >= 4 is 17.5 Å². The topological polar surface area (TPSA) is 141 Å². The molecule has 0 aromatic rings. The number of aliphatic hydroxyl groups is 4. The molecular weight excluding hydrogens is 512 g/mol. The molecule has 40 heavy (non-hydrogen) atoms. The zero-order valence-corrected chi connectivity index (χ0v) is 25.4. The number of ketones is 2. The number of carbonyl (C=O) groups excluding carboxylic acids is 3.